The number of benzene rings is 1. The minimum atomic E-state index is -0.480. The molecule has 0 saturated heterocycles. The van der Waals surface area contributed by atoms with Crippen LogP contribution in [0.15, 0.2) is 51.8 Å². The molecule has 4 rings (SSSR count). The summed E-state index contributed by atoms with van der Waals surface area (Å²) in [6, 6.07) is 11.0. The number of nitrogens with zero attached hydrogens (tertiary/aromatic N) is 1. The first kappa shape index (κ1) is 17.3. The second-order valence-electron chi connectivity index (χ2n) is 6.70. The fourth-order valence-electron chi connectivity index (χ4n) is 2.88. The number of aryl methyl sites for hydroxylation is 1. The number of pyridine rings is 1. The molecule has 0 atom stereocenters. The second-order valence-corrected chi connectivity index (χ2v) is 6.70. The maximum absolute atomic E-state index is 12.3. The van der Waals surface area contributed by atoms with Crippen LogP contribution in [0, 0.1) is 0 Å². The number of hydrogen-bond donors (Lipinski definition) is 1. The zero-order valence-corrected chi connectivity index (χ0v) is 15.0. The van der Waals surface area contributed by atoms with Crippen molar-refractivity contribution in [3.8, 4) is 0 Å². The van der Waals surface area contributed by atoms with E-state index in [1.54, 1.807) is 12.1 Å². The van der Waals surface area contributed by atoms with Crippen LogP contribution in [0.25, 0.3) is 11.0 Å². The van der Waals surface area contributed by atoms with Gasteiger partial charge >= 0.3 is 11.6 Å². The fraction of sp³-hybridized carbons (Fsp3) is 0.286. The molecule has 0 amide bonds. The van der Waals surface area contributed by atoms with Crippen LogP contribution < -0.4 is 10.9 Å². The maximum atomic E-state index is 12.3. The van der Waals surface area contributed by atoms with Crippen LogP contribution in [-0.4, -0.2) is 17.0 Å². The normalized spacial score (nSPS) is 13.5. The number of aromatic nitrogens is 1. The summed E-state index contributed by atoms with van der Waals surface area (Å²) in [6.45, 7) is 2.03. The van der Waals surface area contributed by atoms with E-state index in [0.717, 1.165) is 36.0 Å². The summed E-state index contributed by atoms with van der Waals surface area (Å²) in [7, 11) is 0. The van der Waals surface area contributed by atoms with Gasteiger partial charge in [0.25, 0.3) is 0 Å². The first-order valence-electron chi connectivity index (χ1n) is 9.08. The van der Waals surface area contributed by atoms with Crippen molar-refractivity contribution in [1.82, 2.24) is 4.98 Å². The predicted octanol–water partition coefficient (Wildman–Crippen LogP) is 3.68. The van der Waals surface area contributed by atoms with E-state index in [1.807, 2.05) is 25.1 Å². The molecule has 2 heterocycles. The molecule has 27 heavy (non-hydrogen) atoms. The second kappa shape index (κ2) is 7.23. The Hall–Kier alpha value is -3.15. The van der Waals surface area contributed by atoms with Gasteiger partial charge in [-0.2, -0.15) is 0 Å². The number of ether oxygens (including phenoxy) is 1. The number of nitrogens with one attached hydrogen (secondary N) is 1. The molecule has 0 unspecified atom stereocenters. The van der Waals surface area contributed by atoms with Crippen molar-refractivity contribution in [3.63, 3.8) is 0 Å². The minimum Gasteiger partial charge on any atom is -0.457 e. The Bertz CT molecular complexity index is 1040. The van der Waals surface area contributed by atoms with Gasteiger partial charge < -0.3 is 14.5 Å². The Balaban J connectivity index is 1.49. The van der Waals surface area contributed by atoms with Gasteiger partial charge in [-0.3, -0.25) is 0 Å². The quantitative estimate of drug-likeness (QED) is 0.531. The zero-order chi connectivity index (χ0) is 18.8. The summed E-state index contributed by atoms with van der Waals surface area (Å²) in [5.74, 6) is 0.277. The van der Waals surface area contributed by atoms with E-state index in [1.165, 1.54) is 12.3 Å². The Morgan fingerprint density at radius 3 is 2.81 bits per heavy atom. The van der Waals surface area contributed by atoms with Crippen molar-refractivity contribution < 1.29 is 13.9 Å². The van der Waals surface area contributed by atoms with Crippen molar-refractivity contribution in [2.24, 2.45) is 0 Å². The molecule has 3 aromatic rings. The number of carbonyl (C=O) groups excluding carboxylic acids is 1. The monoisotopic (exact) mass is 364 g/mol. The lowest BCUT2D eigenvalue weighted by Gasteiger charge is -2.09. The molecule has 0 aliphatic heterocycles. The number of anilines is 1. The van der Waals surface area contributed by atoms with Crippen LogP contribution in [0.1, 0.15) is 41.3 Å². The summed E-state index contributed by atoms with van der Waals surface area (Å²) in [4.78, 5) is 28.4. The average molecular weight is 364 g/mol. The van der Waals surface area contributed by atoms with Crippen molar-refractivity contribution in [1.29, 1.82) is 0 Å². The molecule has 0 spiro atoms. The molecule has 138 valence electrons. The molecular weight excluding hydrogens is 344 g/mol. The van der Waals surface area contributed by atoms with Gasteiger partial charge in [-0.1, -0.05) is 19.1 Å². The highest BCUT2D eigenvalue weighted by Gasteiger charge is 2.21. The van der Waals surface area contributed by atoms with Crippen LogP contribution in [-0.2, 0) is 17.8 Å². The molecule has 1 aliphatic rings. The molecule has 1 aliphatic carbocycles. The first-order chi connectivity index (χ1) is 13.1. The predicted molar refractivity (Wildman–Crippen MR) is 102 cm³/mol. The molecule has 1 N–H and O–H groups in total. The number of fused-ring (bicyclic) bond motifs is 1. The Morgan fingerprint density at radius 2 is 2.11 bits per heavy atom. The summed E-state index contributed by atoms with van der Waals surface area (Å²) in [5, 5.41) is 4.03. The molecule has 6 nitrogen and oxygen atoms in total. The van der Waals surface area contributed by atoms with Gasteiger partial charge in [0.1, 0.15) is 18.0 Å². The average Bonchev–Trinajstić information content (AvgIpc) is 3.49. The lowest BCUT2D eigenvalue weighted by Crippen LogP contribution is -2.09. The van der Waals surface area contributed by atoms with E-state index < -0.39 is 11.6 Å². The van der Waals surface area contributed by atoms with Gasteiger partial charge in [0.15, 0.2) is 0 Å². The smallest absolute Gasteiger partial charge is 0.340 e. The molecule has 0 radical (unpaired) electrons. The largest absolute Gasteiger partial charge is 0.457 e. The van der Waals surface area contributed by atoms with Gasteiger partial charge in [0.05, 0.1) is 5.56 Å². The Morgan fingerprint density at radius 1 is 1.26 bits per heavy atom. The molecular formula is C21H20N2O4. The first-order valence-corrected chi connectivity index (χ1v) is 9.08. The molecule has 1 saturated carbocycles. The fourth-order valence-corrected chi connectivity index (χ4v) is 2.88. The van der Waals surface area contributed by atoms with Gasteiger partial charge in [0, 0.05) is 29.3 Å². The zero-order valence-electron chi connectivity index (χ0n) is 15.0. The number of carbonyl (C=O) groups is 1. The molecule has 6 heteroatoms. The van der Waals surface area contributed by atoms with Crippen molar-refractivity contribution in [2.45, 2.75) is 38.8 Å². The third-order valence-corrected chi connectivity index (χ3v) is 4.59. The van der Waals surface area contributed by atoms with Crippen LogP contribution in [0.4, 0.5) is 5.82 Å². The molecule has 2 aromatic heterocycles. The highest BCUT2D eigenvalue weighted by molar-refractivity contribution is 5.89. The summed E-state index contributed by atoms with van der Waals surface area (Å²) < 4.78 is 10.7. The van der Waals surface area contributed by atoms with Gasteiger partial charge in [-0.15, -0.1) is 0 Å². The van der Waals surface area contributed by atoms with E-state index >= 15 is 0 Å². The van der Waals surface area contributed by atoms with Crippen LogP contribution in [0.2, 0.25) is 0 Å². The van der Waals surface area contributed by atoms with Crippen molar-refractivity contribution >= 4 is 22.8 Å². The van der Waals surface area contributed by atoms with E-state index in [0.29, 0.717) is 22.8 Å². The summed E-state index contributed by atoms with van der Waals surface area (Å²) >= 11 is 0. The van der Waals surface area contributed by atoms with Gasteiger partial charge in [-0.05, 0) is 43.0 Å². The lowest BCUT2D eigenvalue weighted by molar-refractivity contribution is 0.0473. The van der Waals surface area contributed by atoms with Crippen molar-refractivity contribution in [2.75, 3.05) is 5.32 Å². The standard InChI is InChI=1S/C21H20N2O4/c1-2-13-3-7-17-15(10-20(24)27-18(17)9-13)12-26-21(25)14-4-8-19(22-11-14)23-16-5-6-16/h3-4,7-11,16H,2,5-6,12H2,1H3,(H,22,23). The number of rotatable bonds is 6. The molecule has 1 fully saturated rings. The van der Waals surface area contributed by atoms with E-state index in [4.69, 9.17) is 9.15 Å². The summed E-state index contributed by atoms with van der Waals surface area (Å²) in [6.07, 6.45) is 4.66. The number of hydrogen-bond acceptors (Lipinski definition) is 6. The molecule has 1 aromatic carbocycles. The molecule has 0 bridgehead atoms. The topological polar surface area (TPSA) is 81.4 Å². The van der Waals surface area contributed by atoms with E-state index in [9.17, 15) is 9.59 Å². The van der Waals surface area contributed by atoms with Crippen LogP contribution in [0.5, 0.6) is 0 Å². The van der Waals surface area contributed by atoms with Gasteiger partial charge in [-0.25, -0.2) is 14.6 Å². The number of esters is 1. The Kier molecular flexibility index (Phi) is 4.62. The van der Waals surface area contributed by atoms with E-state index in [2.05, 4.69) is 10.3 Å². The van der Waals surface area contributed by atoms with Crippen LogP contribution >= 0.6 is 0 Å². The minimum absolute atomic E-state index is 0.00548. The van der Waals surface area contributed by atoms with Crippen molar-refractivity contribution in [3.05, 3.63) is 69.7 Å². The maximum Gasteiger partial charge on any atom is 0.340 e. The highest BCUT2D eigenvalue weighted by Crippen LogP contribution is 2.24. The highest BCUT2D eigenvalue weighted by atomic mass is 16.5. The third kappa shape index (κ3) is 4.00. The third-order valence-electron chi connectivity index (χ3n) is 4.59. The summed E-state index contributed by atoms with van der Waals surface area (Å²) in [5.41, 5.74) is 2.11. The SMILES string of the molecule is CCc1ccc2c(COC(=O)c3ccc(NC4CC4)nc3)cc(=O)oc2c1. The Labute approximate surface area is 156 Å². The van der Waals surface area contributed by atoms with Gasteiger partial charge in [0.2, 0.25) is 0 Å². The lowest BCUT2D eigenvalue weighted by atomic mass is 10.1. The van der Waals surface area contributed by atoms with E-state index in [-0.39, 0.29) is 6.61 Å². The van der Waals surface area contributed by atoms with Crippen LogP contribution in [0.3, 0.4) is 0 Å².